The van der Waals surface area contributed by atoms with Gasteiger partial charge in [0.1, 0.15) is 5.75 Å². The van der Waals surface area contributed by atoms with E-state index >= 15 is 0 Å². The van der Waals surface area contributed by atoms with E-state index in [1.165, 1.54) is 12.1 Å². The van der Waals surface area contributed by atoms with Gasteiger partial charge in [-0.25, -0.2) is 0 Å². The zero-order valence-electron chi connectivity index (χ0n) is 10.8. The molecule has 1 atom stereocenters. The van der Waals surface area contributed by atoms with Crippen LogP contribution in [0, 0.1) is 0 Å². The van der Waals surface area contributed by atoms with Crippen LogP contribution in [-0.2, 0) is 0 Å². The molecule has 2 rings (SSSR count). The normalized spacial score (nSPS) is 13.1. The lowest BCUT2D eigenvalue weighted by Gasteiger charge is -2.10. The third-order valence-corrected chi connectivity index (χ3v) is 2.86. The van der Waals surface area contributed by atoms with Crippen LogP contribution in [0.15, 0.2) is 48.5 Å². The molecule has 0 aromatic heterocycles. The van der Waals surface area contributed by atoms with Crippen molar-refractivity contribution >= 4 is 0 Å². The maximum atomic E-state index is 12.1. The molecular weight excluding hydrogens is 267 g/mol. The van der Waals surface area contributed by atoms with Crippen LogP contribution in [0.4, 0.5) is 13.2 Å². The van der Waals surface area contributed by atoms with E-state index in [9.17, 15) is 13.2 Å². The largest absolute Gasteiger partial charge is 0.573 e. The van der Waals surface area contributed by atoms with Crippen LogP contribution < -0.4 is 10.5 Å². The first-order valence-electron chi connectivity index (χ1n) is 6.07. The molecule has 2 aromatic carbocycles. The molecule has 5 heteroatoms. The van der Waals surface area contributed by atoms with Gasteiger partial charge >= 0.3 is 6.36 Å². The Hall–Kier alpha value is -2.01. The first-order valence-corrected chi connectivity index (χ1v) is 6.07. The number of rotatable bonds is 3. The summed E-state index contributed by atoms with van der Waals surface area (Å²) in [6.07, 6.45) is -4.67. The van der Waals surface area contributed by atoms with Crippen molar-refractivity contribution in [3.8, 4) is 16.9 Å². The lowest BCUT2D eigenvalue weighted by atomic mass is 10.0. The topological polar surface area (TPSA) is 35.2 Å². The van der Waals surface area contributed by atoms with Gasteiger partial charge in [-0.2, -0.15) is 0 Å². The Morgan fingerprint density at radius 3 is 1.75 bits per heavy atom. The zero-order chi connectivity index (χ0) is 14.8. The Morgan fingerprint density at radius 1 is 0.900 bits per heavy atom. The standard InChI is InChI=1S/C15H14F3NO/c1-10(19)11-2-4-12(5-3-11)13-6-8-14(9-7-13)20-15(16,17)18/h2-10H,19H2,1H3/t10-/m0/s1. The van der Waals surface area contributed by atoms with Gasteiger partial charge in [0.25, 0.3) is 0 Å². The number of ether oxygens (including phenoxy) is 1. The molecule has 0 amide bonds. The summed E-state index contributed by atoms with van der Waals surface area (Å²) in [5.74, 6) is -0.228. The molecule has 0 fully saturated rings. The van der Waals surface area contributed by atoms with Crippen LogP contribution in [0.2, 0.25) is 0 Å². The van der Waals surface area contributed by atoms with Gasteiger partial charge in [-0.1, -0.05) is 36.4 Å². The van der Waals surface area contributed by atoms with Gasteiger partial charge in [0.05, 0.1) is 0 Å². The number of halogens is 3. The number of hydrogen-bond acceptors (Lipinski definition) is 2. The summed E-state index contributed by atoms with van der Waals surface area (Å²) in [5, 5.41) is 0. The Morgan fingerprint density at radius 2 is 1.35 bits per heavy atom. The summed E-state index contributed by atoms with van der Waals surface area (Å²) in [6.45, 7) is 1.89. The average Bonchev–Trinajstić information content (AvgIpc) is 2.38. The predicted molar refractivity (Wildman–Crippen MR) is 71.2 cm³/mol. The molecule has 0 radical (unpaired) electrons. The minimum absolute atomic E-state index is 0.0494. The van der Waals surface area contributed by atoms with Gasteiger partial charge < -0.3 is 10.5 Å². The summed E-state index contributed by atoms with van der Waals surface area (Å²) in [4.78, 5) is 0. The van der Waals surface area contributed by atoms with E-state index < -0.39 is 6.36 Å². The molecule has 0 aliphatic carbocycles. The van der Waals surface area contributed by atoms with Crippen LogP contribution in [-0.4, -0.2) is 6.36 Å². The Balaban J connectivity index is 2.17. The van der Waals surface area contributed by atoms with Gasteiger partial charge in [-0.15, -0.1) is 13.2 Å². The van der Waals surface area contributed by atoms with Crippen molar-refractivity contribution in [2.45, 2.75) is 19.3 Å². The lowest BCUT2D eigenvalue weighted by molar-refractivity contribution is -0.274. The number of benzene rings is 2. The maximum Gasteiger partial charge on any atom is 0.573 e. The third-order valence-electron chi connectivity index (χ3n) is 2.86. The molecule has 106 valence electrons. The molecular formula is C15H14F3NO. The third kappa shape index (κ3) is 3.74. The van der Waals surface area contributed by atoms with Crippen LogP contribution in [0.3, 0.4) is 0 Å². The van der Waals surface area contributed by atoms with Crippen molar-refractivity contribution < 1.29 is 17.9 Å². The Kier molecular flexibility index (Phi) is 3.99. The molecule has 0 saturated heterocycles. The summed E-state index contributed by atoms with van der Waals surface area (Å²) in [7, 11) is 0. The van der Waals surface area contributed by atoms with Crippen molar-refractivity contribution in [3.05, 3.63) is 54.1 Å². The summed E-state index contributed by atoms with van der Waals surface area (Å²) >= 11 is 0. The number of nitrogens with two attached hydrogens (primary N) is 1. The van der Waals surface area contributed by atoms with Crippen molar-refractivity contribution in [2.75, 3.05) is 0 Å². The van der Waals surface area contributed by atoms with Gasteiger partial charge in [0, 0.05) is 6.04 Å². The van der Waals surface area contributed by atoms with Gasteiger partial charge in [-0.3, -0.25) is 0 Å². The molecule has 0 aliphatic rings. The van der Waals surface area contributed by atoms with E-state index in [-0.39, 0.29) is 11.8 Å². The highest BCUT2D eigenvalue weighted by Crippen LogP contribution is 2.27. The number of hydrogen-bond donors (Lipinski definition) is 1. The van der Waals surface area contributed by atoms with Crippen molar-refractivity contribution in [1.29, 1.82) is 0 Å². The number of alkyl halides is 3. The first kappa shape index (κ1) is 14.4. The second-order valence-corrected chi connectivity index (χ2v) is 4.48. The fourth-order valence-electron chi connectivity index (χ4n) is 1.83. The van der Waals surface area contributed by atoms with Gasteiger partial charge in [0.15, 0.2) is 0 Å². The SMILES string of the molecule is C[C@H](N)c1ccc(-c2ccc(OC(F)(F)F)cc2)cc1. The minimum atomic E-state index is -4.67. The van der Waals surface area contributed by atoms with E-state index in [4.69, 9.17) is 5.73 Å². The molecule has 0 aliphatic heterocycles. The van der Waals surface area contributed by atoms with Crippen molar-refractivity contribution in [2.24, 2.45) is 5.73 Å². The van der Waals surface area contributed by atoms with Crippen molar-refractivity contribution in [1.82, 2.24) is 0 Å². The van der Waals surface area contributed by atoms with Crippen LogP contribution >= 0.6 is 0 Å². The molecule has 2 nitrogen and oxygen atoms in total. The summed E-state index contributed by atoms with van der Waals surface area (Å²) in [6, 6.07) is 13.3. The fourth-order valence-corrected chi connectivity index (χ4v) is 1.83. The highest BCUT2D eigenvalue weighted by Gasteiger charge is 2.30. The predicted octanol–water partition coefficient (Wildman–Crippen LogP) is 4.27. The van der Waals surface area contributed by atoms with Crippen molar-refractivity contribution in [3.63, 3.8) is 0 Å². The van der Waals surface area contributed by atoms with E-state index in [1.54, 1.807) is 12.1 Å². The van der Waals surface area contributed by atoms with Gasteiger partial charge in [-0.05, 0) is 35.7 Å². The highest BCUT2D eigenvalue weighted by atomic mass is 19.4. The van der Waals surface area contributed by atoms with Crippen LogP contribution in [0.1, 0.15) is 18.5 Å². The second kappa shape index (κ2) is 5.54. The van der Waals surface area contributed by atoms with E-state index in [0.717, 1.165) is 16.7 Å². The summed E-state index contributed by atoms with van der Waals surface area (Å²) in [5.41, 5.74) is 8.49. The quantitative estimate of drug-likeness (QED) is 0.911. The molecule has 0 spiro atoms. The molecule has 0 heterocycles. The van der Waals surface area contributed by atoms with Gasteiger partial charge in [0.2, 0.25) is 0 Å². The van der Waals surface area contributed by atoms with E-state index in [1.807, 2.05) is 31.2 Å². The monoisotopic (exact) mass is 281 g/mol. The smallest absolute Gasteiger partial charge is 0.406 e. The molecule has 0 saturated carbocycles. The maximum absolute atomic E-state index is 12.1. The van der Waals surface area contributed by atoms with E-state index in [0.29, 0.717) is 0 Å². The zero-order valence-corrected chi connectivity index (χ0v) is 10.8. The van der Waals surface area contributed by atoms with E-state index in [2.05, 4.69) is 4.74 Å². The molecule has 20 heavy (non-hydrogen) atoms. The molecule has 0 bridgehead atoms. The minimum Gasteiger partial charge on any atom is -0.406 e. The Bertz CT molecular complexity index is 559. The van der Waals surface area contributed by atoms with Crippen LogP contribution in [0.5, 0.6) is 5.75 Å². The molecule has 2 N–H and O–H groups in total. The highest BCUT2D eigenvalue weighted by molar-refractivity contribution is 5.64. The fraction of sp³-hybridized carbons (Fsp3) is 0.200. The summed E-state index contributed by atoms with van der Waals surface area (Å²) < 4.78 is 40.0. The molecule has 0 unspecified atom stereocenters. The first-order chi connectivity index (χ1) is 9.35. The Labute approximate surface area is 115 Å². The van der Waals surface area contributed by atoms with Crippen LogP contribution in [0.25, 0.3) is 11.1 Å². The average molecular weight is 281 g/mol. The lowest BCUT2D eigenvalue weighted by Crippen LogP contribution is -2.16. The molecule has 2 aromatic rings. The second-order valence-electron chi connectivity index (χ2n) is 4.48.